The van der Waals surface area contributed by atoms with E-state index in [4.69, 9.17) is 0 Å². The van der Waals surface area contributed by atoms with E-state index in [1.807, 2.05) is 0 Å². The van der Waals surface area contributed by atoms with Crippen molar-refractivity contribution in [3.63, 3.8) is 0 Å². The molecule has 0 aliphatic carbocycles. The second kappa shape index (κ2) is 5.75. The van der Waals surface area contributed by atoms with Crippen LogP contribution in [0.15, 0.2) is 0 Å². The molecule has 0 heterocycles. The van der Waals surface area contributed by atoms with E-state index < -0.39 is 0 Å². The molecule has 12 heavy (non-hydrogen) atoms. The van der Waals surface area contributed by atoms with E-state index in [2.05, 4.69) is 54.4 Å². The zero-order valence-corrected chi connectivity index (χ0v) is 12.3. The first-order valence-electron chi connectivity index (χ1n) is 4.39. The van der Waals surface area contributed by atoms with Crippen LogP contribution in [0.25, 0.3) is 0 Å². The van der Waals surface area contributed by atoms with Gasteiger partial charge in [0.25, 0.3) is 0 Å². The van der Waals surface area contributed by atoms with E-state index in [0.29, 0.717) is 10.8 Å². The summed E-state index contributed by atoms with van der Waals surface area (Å²) in [6, 6.07) is 0. The molecular weight excluding hydrogens is 221 g/mol. The summed E-state index contributed by atoms with van der Waals surface area (Å²) in [5.41, 5.74) is 0.726. The van der Waals surface area contributed by atoms with Crippen LogP contribution in [-0.4, -0.2) is 0 Å². The fourth-order valence-electron chi connectivity index (χ4n) is 0.766. The van der Waals surface area contributed by atoms with E-state index >= 15 is 0 Å². The number of hydrogen-bond donors (Lipinski definition) is 0. The molecule has 0 rings (SSSR count). The van der Waals surface area contributed by atoms with Crippen LogP contribution >= 0.6 is 0 Å². The molecule has 0 aliphatic heterocycles. The largest absolute Gasteiger partial charge is 0.352 e. The van der Waals surface area contributed by atoms with Crippen LogP contribution in [-0.2, 0) is 32.7 Å². The Hall–Kier alpha value is 1.10. The van der Waals surface area contributed by atoms with Crippen LogP contribution in [0.1, 0.15) is 48.0 Å². The normalized spacial score (nSPS) is 12.5. The third kappa shape index (κ3) is 13.7. The average molecular weight is 243 g/mol. The van der Waals surface area contributed by atoms with Crippen molar-refractivity contribution in [3.05, 3.63) is 12.8 Å². The van der Waals surface area contributed by atoms with Gasteiger partial charge in [0.1, 0.15) is 0 Å². The predicted molar refractivity (Wildman–Crippen MR) is 52.1 cm³/mol. The van der Waals surface area contributed by atoms with Crippen molar-refractivity contribution >= 4 is 0 Å². The second-order valence-electron chi connectivity index (χ2n) is 5.38. The summed E-state index contributed by atoms with van der Waals surface area (Å²) in [5.74, 6) is 0. The van der Waals surface area contributed by atoms with Crippen LogP contribution in [0.5, 0.6) is 0 Å². The molecule has 0 saturated carbocycles. The maximum Gasteiger partial charge on any atom is 0 e. The molecule has 0 amide bonds. The maximum atomic E-state index is 2.36. The molecule has 0 spiro atoms. The standard InChI is InChI=1S/C11H22.Y/c1-10(2,3)8-7-9-11(4,5)6;/h8-9H,7H2,1-6H3;/q-2;. The van der Waals surface area contributed by atoms with Gasteiger partial charge in [-0.2, -0.15) is 10.8 Å². The van der Waals surface area contributed by atoms with Crippen molar-refractivity contribution in [2.45, 2.75) is 48.0 Å². The van der Waals surface area contributed by atoms with Gasteiger partial charge >= 0.3 is 0 Å². The molecule has 0 aliphatic rings. The fraction of sp³-hybridized carbons (Fsp3) is 0.818. The van der Waals surface area contributed by atoms with Gasteiger partial charge in [0.15, 0.2) is 0 Å². The maximum absolute atomic E-state index is 2.36. The monoisotopic (exact) mass is 243 g/mol. The van der Waals surface area contributed by atoms with Crippen molar-refractivity contribution in [2.75, 3.05) is 0 Å². The summed E-state index contributed by atoms with van der Waals surface area (Å²) in [7, 11) is 0. The van der Waals surface area contributed by atoms with Crippen LogP contribution in [0, 0.1) is 23.7 Å². The van der Waals surface area contributed by atoms with Crippen molar-refractivity contribution in [1.29, 1.82) is 0 Å². The van der Waals surface area contributed by atoms with Gasteiger partial charge in [-0.15, -0.1) is 0 Å². The predicted octanol–water partition coefficient (Wildman–Crippen LogP) is 3.87. The molecule has 0 unspecified atom stereocenters. The van der Waals surface area contributed by atoms with Crippen LogP contribution in [0.4, 0.5) is 0 Å². The van der Waals surface area contributed by atoms with Gasteiger partial charge in [-0.05, 0) is 0 Å². The van der Waals surface area contributed by atoms with Gasteiger partial charge in [-0.1, -0.05) is 41.5 Å². The van der Waals surface area contributed by atoms with Gasteiger partial charge in [0.2, 0.25) is 0 Å². The molecule has 1 radical (unpaired) electrons. The van der Waals surface area contributed by atoms with Gasteiger partial charge in [-0.3, -0.25) is 0 Å². The first-order chi connectivity index (χ1) is 4.71. The minimum atomic E-state index is 0. The topological polar surface area (TPSA) is 0 Å². The van der Waals surface area contributed by atoms with Crippen LogP contribution in [0.2, 0.25) is 0 Å². The number of hydrogen-bond acceptors (Lipinski definition) is 0. The second-order valence-corrected chi connectivity index (χ2v) is 5.38. The van der Waals surface area contributed by atoms with E-state index in [1.54, 1.807) is 0 Å². The summed E-state index contributed by atoms with van der Waals surface area (Å²) >= 11 is 0. The third-order valence-corrected chi connectivity index (χ3v) is 1.46. The number of rotatable bonds is 2. The molecular formula is C11H22Y-2. The zero-order valence-electron chi connectivity index (χ0n) is 9.44. The summed E-state index contributed by atoms with van der Waals surface area (Å²) in [6.07, 6.45) is 5.84. The zero-order chi connectivity index (χ0) is 9.12. The van der Waals surface area contributed by atoms with Crippen LogP contribution < -0.4 is 0 Å². The van der Waals surface area contributed by atoms with Gasteiger partial charge < -0.3 is 19.3 Å². The average Bonchev–Trinajstić information content (AvgIpc) is 1.55. The molecule has 0 N–H and O–H groups in total. The Bertz CT molecular complexity index is 89.2. The molecule has 0 atom stereocenters. The smallest absolute Gasteiger partial charge is 0 e. The Balaban J connectivity index is 0. The van der Waals surface area contributed by atoms with Crippen molar-refractivity contribution in [1.82, 2.24) is 0 Å². The van der Waals surface area contributed by atoms with Crippen molar-refractivity contribution in [3.8, 4) is 0 Å². The molecule has 0 nitrogen and oxygen atoms in total. The Morgan fingerprint density at radius 1 is 0.750 bits per heavy atom. The molecule has 0 saturated heterocycles. The Morgan fingerprint density at radius 2 is 1.00 bits per heavy atom. The molecule has 71 valence electrons. The SMILES string of the molecule is CC(C)(C)[CH-]C[CH-]C(C)(C)C.[Y]. The molecule has 1 heteroatoms. The van der Waals surface area contributed by atoms with Gasteiger partial charge in [0, 0.05) is 32.7 Å². The first-order valence-corrected chi connectivity index (χ1v) is 4.39. The Labute approximate surface area is 104 Å². The van der Waals surface area contributed by atoms with Crippen molar-refractivity contribution < 1.29 is 32.7 Å². The summed E-state index contributed by atoms with van der Waals surface area (Å²) in [5, 5.41) is 0. The van der Waals surface area contributed by atoms with E-state index in [0.717, 1.165) is 6.42 Å². The quantitative estimate of drug-likeness (QED) is 0.646. The van der Waals surface area contributed by atoms with E-state index in [1.165, 1.54) is 0 Å². The summed E-state index contributed by atoms with van der Waals surface area (Å²) in [4.78, 5) is 0. The van der Waals surface area contributed by atoms with Crippen LogP contribution in [0.3, 0.4) is 0 Å². The molecule has 0 aromatic heterocycles. The minimum Gasteiger partial charge on any atom is -0.352 e. The van der Waals surface area contributed by atoms with Gasteiger partial charge in [-0.25, -0.2) is 0 Å². The molecule has 0 aromatic rings. The van der Waals surface area contributed by atoms with E-state index in [9.17, 15) is 0 Å². The fourth-order valence-corrected chi connectivity index (χ4v) is 0.766. The first kappa shape index (κ1) is 15.6. The Morgan fingerprint density at radius 3 is 1.17 bits per heavy atom. The minimum absolute atomic E-state index is 0. The summed E-state index contributed by atoms with van der Waals surface area (Å²) in [6.45, 7) is 13.4. The third-order valence-electron chi connectivity index (χ3n) is 1.46. The summed E-state index contributed by atoms with van der Waals surface area (Å²) < 4.78 is 0. The molecule has 0 fully saturated rings. The Kier molecular flexibility index (Phi) is 7.47. The van der Waals surface area contributed by atoms with Gasteiger partial charge in [0.05, 0.1) is 0 Å². The van der Waals surface area contributed by atoms with Crippen molar-refractivity contribution in [2.24, 2.45) is 10.8 Å². The van der Waals surface area contributed by atoms with E-state index in [-0.39, 0.29) is 32.7 Å². The molecule has 0 aromatic carbocycles. The molecule has 0 bridgehead atoms.